The number of alkyl halides is 3. The van der Waals surface area contributed by atoms with Gasteiger partial charge in [-0.2, -0.15) is 18.3 Å². The van der Waals surface area contributed by atoms with Gasteiger partial charge in [0.2, 0.25) is 5.91 Å². The molecule has 0 saturated carbocycles. The SMILES string of the molecule is COc1ccc(N(C)C(=O)[C@@H](CC(=O)Cn2nc(C(F)(F)F)c3c2CCC(=O)C3)Cc2cc(C)cc(F)c2)cc1. The molecule has 0 unspecified atom stereocenters. The summed E-state index contributed by atoms with van der Waals surface area (Å²) in [5.74, 6) is -2.05. The van der Waals surface area contributed by atoms with Crippen molar-refractivity contribution in [2.75, 3.05) is 19.1 Å². The van der Waals surface area contributed by atoms with Gasteiger partial charge in [-0.3, -0.25) is 19.1 Å². The minimum Gasteiger partial charge on any atom is -0.497 e. The lowest BCUT2D eigenvalue weighted by Crippen LogP contribution is -2.36. The van der Waals surface area contributed by atoms with Crippen LogP contribution in [-0.2, 0) is 46.4 Å². The number of halogens is 4. The standard InChI is InChI=1S/C29H29F4N3O4/c1-17-10-18(13-20(30)11-17)12-19(28(39)35(2)21-4-7-24(40-3)8-5-21)14-23(38)16-36-26-9-6-22(37)15-25(26)27(34-36)29(31,32)33/h4-5,7-8,10-11,13,19H,6,9,12,14-16H2,1-3H3/t19-/m1/s1. The third-order valence-corrected chi connectivity index (χ3v) is 6.97. The predicted octanol–water partition coefficient (Wildman–Crippen LogP) is 4.90. The third kappa shape index (κ3) is 6.57. The Morgan fingerprint density at radius 2 is 1.82 bits per heavy atom. The van der Waals surface area contributed by atoms with E-state index in [1.165, 1.54) is 24.1 Å². The summed E-state index contributed by atoms with van der Waals surface area (Å²) in [5.41, 5.74) is 0.553. The fraction of sp³-hybridized carbons (Fsp3) is 0.379. The average molecular weight is 560 g/mol. The molecule has 1 aromatic heterocycles. The maximum atomic E-state index is 14.1. The highest BCUT2D eigenvalue weighted by Gasteiger charge is 2.41. The van der Waals surface area contributed by atoms with E-state index in [2.05, 4.69) is 5.10 Å². The van der Waals surface area contributed by atoms with Crippen molar-refractivity contribution in [3.63, 3.8) is 0 Å². The Labute approximate surface area is 228 Å². The van der Waals surface area contributed by atoms with E-state index in [9.17, 15) is 31.9 Å². The molecule has 4 rings (SSSR count). The van der Waals surface area contributed by atoms with Gasteiger partial charge in [-0.15, -0.1) is 0 Å². The quantitative estimate of drug-likeness (QED) is 0.349. The molecule has 1 amide bonds. The van der Waals surface area contributed by atoms with Crippen LogP contribution in [0.15, 0.2) is 42.5 Å². The van der Waals surface area contributed by atoms with Gasteiger partial charge in [0.05, 0.1) is 13.7 Å². The van der Waals surface area contributed by atoms with Gasteiger partial charge in [0.25, 0.3) is 0 Å². The summed E-state index contributed by atoms with van der Waals surface area (Å²) in [7, 11) is 3.06. The number of fused-ring (bicyclic) bond motifs is 1. The van der Waals surface area contributed by atoms with Gasteiger partial charge < -0.3 is 9.64 Å². The maximum absolute atomic E-state index is 14.1. The Morgan fingerprint density at radius 3 is 2.45 bits per heavy atom. The number of hydrogen-bond donors (Lipinski definition) is 0. The molecule has 0 spiro atoms. The summed E-state index contributed by atoms with van der Waals surface area (Å²) < 4.78 is 61.1. The van der Waals surface area contributed by atoms with Crippen LogP contribution in [0.2, 0.25) is 0 Å². The molecule has 1 atom stereocenters. The second kappa shape index (κ2) is 11.6. The number of ether oxygens (including phenoxy) is 1. The normalized spacial score (nSPS) is 14.0. The summed E-state index contributed by atoms with van der Waals surface area (Å²) in [6.45, 7) is 1.23. The van der Waals surface area contributed by atoms with Gasteiger partial charge in [-0.1, -0.05) is 6.07 Å². The molecule has 0 fully saturated rings. The molecule has 7 nitrogen and oxygen atoms in total. The highest BCUT2D eigenvalue weighted by Crippen LogP contribution is 2.35. The average Bonchev–Trinajstić information content (AvgIpc) is 3.24. The van der Waals surface area contributed by atoms with Crippen molar-refractivity contribution in [1.29, 1.82) is 0 Å². The number of aromatic nitrogens is 2. The first kappa shape index (κ1) is 29.0. The van der Waals surface area contributed by atoms with Crippen molar-refractivity contribution in [2.24, 2.45) is 5.92 Å². The fourth-order valence-electron chi connectivity index (χ4n) is 5.08. The Bertz CT molecular complexity index is 1410. The van der Waals surface area contributed by atoms with Crippen LogP contribution in [0.1, 0.15) is 40.9 Å². The van der Waals surface area contributed by atoms with E-state index in [0.717, 1.165) is 4.68 Å². The molecule has 11 heteroatoms. The highest BCUT2D eigenvalue weighted by atomic mass is 19.4. The van der Waals surface area contributed by atoms with Gasteiger partial charge in [-0.25, -0.2) is 4.39 Å². The van der Waals surface area contributed by atoms with E-state index >= 15 is 0 Å². The van der Waals surface area contributed by atoms with Gasteiger partial charge >= 0.3 is 6.18 Å². The molecule has 1 aliphatic carbocycles. The van der Waals surface area contributed by atoms with Crippen molar-refractivity contribution in [3.8, 4) is 5.75 Å². The van der Waals surface area contributed by atoms with Crippen LogP contribution in [0, 0.1) is 18.7 Å². The van der Waals surface area contributed by atoms with E-state index in [4.69, 9.17) is 4.74 Å². The molecule has 0 saturated heterocycles. The summed E-state index contributed by atoms with van der Waals surface area (Å²) in [6.07, 6.45) is -5.30. The number of aryl methyl sites for hydroxylation is 1. The molecule has 2 aromatic carbocycles. The number of nitrogens with zero attached hydrogens (tertiary/aromatic N) is 3. The first-order chi connectivity index (χ1) is 18.8. The van der Waals surface area contributed by atoms with Crippen LogP contribution >= 0.6 is 0 Å². The maximum Gasteiger partial charge on any atom is 0.435 e. The molecule has 1 aliphatic rings. The number of carbonyl (C=O) groups excluding carboxylic acids is 3. The topological polar surface area (TPSA) is 81.5 Å². The lowest BCUT2D eigenvalue weighted by molar-refractivity contribution is -0.142. The fourth-order valence-corrected chi connectivity index (χ4v) is 5.08. The highest BCUT2D eigenvalue weighted by molar-refractivity contribution is 5.97. The van der Waals surface area contributed by atoms with Crippen LogP contribution in [-0.4, -0.2) is 41.4 Å². The van der Waals surface area contributed by atoms with Crippen molar-refractivity contribution < 1.29 is 36.7 Å². The van der Waals surface area contributed by atoms with Crippen LogP contribution in [0.5, 0.6) is 5.75 Å². The Balaban J connectivity index is 1.60. The summed E-state index contributed by atoms with van der Waals surface area (Å²) >= 11 is 0. The summed E-state index contributed by atoms with van der Waals surface area (Å²) in [6, 6.07) is 11.1. The van der Waals surface area contributed by atoms with Gasteiger partial charge in [0.15, 0.2) is 11.5 Å². The molecular weight excluding hydrogens is 530 g/mol. The Morgan fingerprint density at radius 1 is 1.12 bits per heavy atom. The van der Waals surface area contributed by atoms with Gasteiger partial charge in [-0.05, 0) is 67.3 Å². The van der Waals surface area contributed by atoms with E-state index in [-0.39, 0.29) is 49.1 Å². The first-order valence-electron chi connectivity index (χ1n) is 12.7. The minimum atomic E-state index is -4.77. The smallest absolute Gasteiger partial charge is 0.435 e. The minimum absolute atomic E-state index is 0.0448. The van der Waals surface area contributed by atoms with Crippen LogP contribution < -0.4 is 9.64 Å². The second-order valence-electron chi connectivity index (χ2n) is 10.0. The second-order valence-corrected chi connectivity index (χ2v) is 10.0. The molecule has 0 bridgehead atoms. The van der Waals surface area contributed by atoms with Gasteiger partial charge in [0, 0.05) is 49.2 Å². The van der Waals surface area contributed by atoms with Crippen LogP contribution in [0.25, 0.3) is 0 Å². The number of carbonyl (C=O) groups is 3. The molecule has 0 aliphatic heterocycles. The lowest BCUT2D eigenvalue weighted by Gasteiger charge is -2.24. The number of amides is 1. The molecule has 0 radical (unpaired) electrons. The molecule has 1 heterocycles. The zero-order valence-corrected chi connectivity index (χ0v) is 22.3. The van der Waals surface area contributed by atoms with Crippen LogP contribution in [0.3, 0.4) is 0 Å². The number of ketones is 2. The lowest BCUT2D eigenvalue weighted by atomic mass is 9.91. The van der Waals surface area contributed by atoms with Crippen LogP contribution in [0.4, 0.5) is 23.2 Å². The number of hydrogen-bond acceptors (Lipinski definition) is 5. The molecular formula is C29H29F4N3O4. The Kier molecular flexibility index (Phi) is 8.41. The van der Waals surface area contributed by atoms with Crippen molar-refractivity contribution in [1.82, 2.24) is 9.78 Å². The van der Waals surface area contributed by atoms with Crippen molar-refractivity contribution in [2.45, 2.75) is 51.7 Å². The van der Waals surface area contributed by atoms with E-state index in [0.29, 0.717) is 22.6 Å². The third-order valence-electron chi connectivity index (χ3n) is 6.97. The molecule has 212 valence electrons. The summed E-state index contributed by atoms with van der Waals surface area (Å²) in [4.78, 5) is 40.1. The number of Topliss-reactive ketones (excluding diaryl/α,β-unsaturated/α-hetero) is 2. The number of anilines is 1. The summed E-state index contributed by atoms with van der Waals surface area (Å²) in [5, 5.41) is 3.66. The predicted molar refractivity (Wildman–Crippen MR) is 139 cm³/mol. The van der Waals surface area contributed by atoms with Crippen molar-refractivity contribution >= 4 is 23.2 Å². The zero-order chi connectivity index (χ0) is 29.2. The molecule has 3 aromatic rings. The number of methoxy groups -OCH3 is 1. The number of benzene rings is 2. The van der Waals surface area contributed by atoms with E-state index < -0.39 is 41.8 Å². The zero-order valence-electron chi connectivity index (χ0n) is 22.3. The monoisotopic (exact) mass is 559 g/mol. The Hall–Kier alpha value is -4.02. The van der Waals surface area contributed by atoms with E-state index in [1.807, 2.05) is 0 Å². The first-order valence-corrected chi connectivity index (χ1v) is 12.7. The van der Waals surface area contributed by atoms with E-state index in [1.54, 1.807) is 44.3 Å². The van der Waals surface area contributed by atoms with Crippen molar-refractivity contribution in [3.05, 3.63) is 76.4 Å². The largest absolute Gasteiger partial charge is 0.497 e. The molecule has 40 heavy (non-hydrogen) atoms. The molecule has 0 N–H and O–H groups in total. The van der Waals surface area contributed by atoms with Gasteiger partial charge in [0.1, 0.15) is 17.3 Å². The number of rotatable bonds is 9.